The summed E-state index contributed by atoms with van der Waals surface area (Å²) in [7, 11) is 0. The van der Waals surface area contributed by atoms with Crippen LogP contribution in [-0.4, -0.2) is 15.4 Å². The van der Waals surface area contributed by atoms with Gasteiger partial charge < -0.3 is 4.57 Å². The number of nitrogens with zero attached hydrogens (tertiary/aromatic N) is 3. The summed E-state index contributed by atoms with van der Waals surface area (Å²) in [5.41, 5.74) is 1.87. The number of aryl methyl sites for hydroxylation is 1. The van der Waals surface area contributed by atoms with Crippen molar-refractivity contribution in [3.05, 3.63) is 80.0 Å². The monoisotopic (exact) mass is 381 g/mol. The lowest BCUT2D eigenvalue weighted by atomic mass is 10.1. The molecule has 138 valence electrons. The Morgan fingerprint density at radius 1 is 1.11 bits per heavy atom. The van der Waals surface area contributed by atoms with Gasteiger partial charge in [0.05, 0.1) is 10.6 Å². The molecule has 3 rings (SSSR count). The van der Waals surface area contributed by atoms with E-state index in [2.05, 4.69) is 11.9 Å². The SMILES string of the molecule is CCc1sc(=NC(=O)c2ccccc2[N+](=O)[O-])n(CC)c1-c1ccccc1. The number of nitro groups is 1. The standard InChI is InChI=1S/C20H19N3O3S/c1-3-17-18(14-10-6-5-7-11-14)22(4-2)20(27-17)21-19(24)15-12-8-9-13-16(15)23(25)26/h5-13H,3-4H2,1-2H3. The minimum atomic E-state index is -0.604. The van der Waals surface area contributed by atoms with E-state index in [0.717, 1.165) is 22.6 Å². The zero-order valence-corrected chi connectivity index (χ0v) is 15.9. The average Bonchev–Trinajstić information content (AvgIpc) is 3.05. The van der Waals surface area contributed by atoms with E-state index in [1.54, 1.807) is 6.07 Å². The molecule has 0 atom stereocenters. The molecule has 0 aliphatic heterocycles. The van der Waals surface area contributed by atoms with Crippen LogP contribution in [0.1, 0.15) is 29.1 Å². The highest BCUT2D eigenvalue weighted by Gasteiger charge is 2.20. The third kappa shape index (κ3) is 3.73. The molecule has 3 aromatic rings. The Hall–Kier alpha value is -3.06. The van der Waals surface area contributed by atoms with Crippen LogP contribution in [0.15, 0.2) is 59.6 Å². The van der Waals surface area contributed by atoms with Gasteiger partial charge in [-0.1, -0.05) is 49.4 Å². The molecule has 7 heteroatoms. The van der Waals surface area contributed by atoms with E-state index < -0.39 is 10.8 Å². The Balaban J connectivity index is 2.17. The predicted molar refractivity (Wildman–Crippen MR) is 106 cm³/mol. The molecule has 0 N–H and O–H groups in total. The van der Waals surface area contributed by atoms with Crippen LogP contribution in [0.4, 0.5) is 5.69 Å². The fourth-order valence-corrected chi connectivity index (χ4v) is 4.10. The summed E-state index contributed by atoms with van der Waals surface area (Å²) in [4.78, 5) is 29.2. The Morgan fingerprint density at radius 3 is 2.41 bits per heavy atom. The largest absolute Gasteiger partial charge is 0.316 e. The van der Waals surface area contributed by atoms with Gasteiger partial charge in [0.15, 0.2) is 4.80 Å². The number of carbonyl (C=O) groups is 1. The molecule has 0 radical (unpaired) electrons. The van der Waals surface area contributed by atoms with Crippen LogP contribution in [0, 0.1) is 10.1 Å². The fraction of sp³-hybridized carbons (Fsp3) is 0.200. The van der Waals surface area contributed by atoms with E-state index in [-0.39, 0.29) is 11.3 Å². The number of para-hydroxylation sites is 1. The topological polar surface area (TPSA) is 77.5 Å². The molecular weight excluding hydrogens is 362 g/mol. The van der Waals surface area contributed by atoms with Crippen LogP contribution < -0.4 is 4.80 Å². The zero-order valence-electron chi connectivity index (χ0n) is 15.1. The van der Waals surface area contributed by atoms with Crippen LogP contribution in [-0.2, 0) is 13.0 Å². The average molecular weight is 381 g/mol. The van der Waals surface area contributed by atoms with Crippen molar-refractivity contribution in [2.24, 2.45) is 4.99 Å². The maximum absolute atomic E-state index is 12.7. The van der Waals surface area contributed by atoms with Crippen LogP contribution >= 0.6 is 11.3 Å². The lowest BCUT2D eigenvalue weighted by molar-refractivity contribution is -0.385. The molecule has 1 aromatic heterocycles. The summed E-state index contributed by atoms with van der Waals surface area (Å²) in [5.74, 6) is -0.604. The molecule has 6 nitrogen and oxygen atoms in total. The number of thiazole rings is 1. The number of hydrogen-bond acceptors (Lipinski definition) is 4. The van der Waals surface area contributed by atoms with Crippen molar-refractivity contribution in [2.75, 3.05) is 0 Å². The van der Waals surface area contributed by atoms with Gasteiger partial charge in [0.25, 0.3) is 11.6 Å². The summed E-state index contributed by atoms with van der Waals surface area (Å²) in [5, 5.41) is 11.2. The van der Waals surface area contributed by atoms with Gasteiger partial charge in [-0.3, -0.25) is 14.9 Å². The van der Waals surface area contributed by atoms with Crippen LogP contribution in [0.5, 0.6) is 0 Å². The third-order valence-electron chi connectivity index (χ3n) is 4.19. The van der Waals surface area contributed by atoms with Crippen molar-refractivity contribution in [2.45, 2.75) is 26.8 Å². The second-order valence-electron chi connectivity index (χ2n) is 5.81. The molecule has 0 aliphatic carbocycles. The van der Waals surface area contributed by atoms with Crippen molar-refractivity contribution >= 4 is 22.9 Å². The molecule has 1 amide bonds. The fourth-order valence-electron chi connectivity index (χ4n) is 2.95. The molecule has 27 heavy (non-hydrogen) atoms. The first-order valence-corrected chi connectivity index (χ1v) is 9.48. The Labute approximate surface area is 160 Å². The molecule has 0 saturated carbocycles. The number of carbonyl (C=O) groups excluding carboxylic acids is 1. The molecule has 1 heterocycles. The second kappa shape index (κ2) is 8.09. The third-order valence-corrected chi connectivity index (χ3v) is 5.42. The maximum Gasteiger partial charge on any atom is 0.286 e. The first-order valence-electron chi connectivity index (χ1n) is 8.67. The van der Waals surface area contributed by atoms with Crippen molar-refractivity contribution in [3.8, 4) is 11.3 Å². The Morgan fingerprint density at radius 2 is 1.78 bits per heavy atom. The van der Waals surface area contributed by atoms with Gasteiger partial charge in [-0.05, 0) is 25.0 Å². The number of rotatable bonds is 5. The van der Waals surface area contributed by atoms with E-state index in [0.29, 0.717) is 11.3 Å². The molecule has 0 unspecified atom stereocenters. The number of aromatic nitrogens is 1. The smallest absolute Gasteiger partial charge is 0.286 e. The minimum Gasteiger partial charge on any atom is -0.316 e. The lowest BCUT2D eigenvalue weighted by Crippen LogP contribution is -2.17. The molecular formula is C20H19N3O3S. The highest BCUT2D eigenvalue weighted by atomic mass is 32.1. The van der Waals surface area contributed by atoms with E-state index in [1.807, 2.05) is 41.8 Å². The Bertz CT molecular complexity index is 1050. The van der Waals surface area contributed by atoms with Gasteiger partial charge in [-0.15, -0.1) is 11.3 Å². The van der Waals surface area contributed by atoms with Gasteiger partial charge >= 0.3 is 0 Å². The van der Waals surface area contributed by atoms with E-state index in [9.17, 15) is 14.9 Å². The number of nitro benzene ring substituents is 1. The van der Waals surface area contributed by atoms with Gasteiger partial charge in [0, 0.05) is 17.5 Å². The van der Waals surface area contributed by atoms with E-state index >= 15 is 0 Å². The van der Waals surface area contributed by atoms with E-state index in [4.69, 9.17) is 0 Å². The van der Waals surface area contributed by atoms with Crippen molar-refractivity contribution < 1.29 is 9.72 Å². The highest BCUT2D eigenvalue weighted by Crippen LogP contribution is 2.26. The van der Waals surface area contributed by atoms with Gasteiger partial charge in [-0.25, -0.2) is 0 Å². The number of hydrogen-bond donors (Lipinski definition) is 0. The van der Waals surface area contributed by atoms with Crippen LogP contribution in [0.25, 0.3) is 11.3 Å². The Kier molecular flexibility index (Phi) is 5.61. The lowest BCUT2D eigenvalue weighted by Gasteiger charge is -2.08. The summed E-state index contributed by atoms with van der Waals surface area (Å²) in [6.07, 6.45) is 0.810. The van der Waals surface area contributed by atoms with Crippen molar-refractivity contribution in [1.82, 2.24) is 4.57 Å². The molecule has 0 aliphatic rings. The summed E-state index contributed by atoms with van der Waals surface area (Å²) >= 11 is 1.45. The summed E-state index contributed by atoms with van der Waals surface area (Å²) in [6.45, 7) is 4.70. The second-order valence-corrected chi connectivity index (χ2v) is 6.87. The first kappa shape index (κ1) is 18.7. The quantitative estimate of drug-likeness (QED) is 0.484. The maximum atomic E-state index is 12.7. The number of amides is 1. The molecule has 0 spiro atoms. The molecule has 0 fully saturated rings. The van der Waals surface area contributed by atoms with Crippen molar-refractivity contribution in [1.29, 1.82) is 0 Å². The normalized spacial score (nSPS) is 11.6. The molecule has 0 bridgehead atoms. The molecule has 0 saturated heterocycles. The van der Waals surface area contributed by atoms with Gasteiger partial charge in [-0.2, -0.15) is 4.99 Å². The van der Waals surface area contributed by atoms with Gasteiger partial charge in [0.1, 0.15) is 5.56 Å². The molecule has 2 aromatic carbocycles. The van der Waals surface area contributed by atoms with Crippen LogP contribution in [0.3, 0.4) is 0 Å². The highest BCUT2D eigenvalue weighted by molar-refractivity contribution is 7.09. The van der Waals surface area contributed by atoms with Crippen LogP contribution in [0.2, 0.25) is 0 Å². The minimum absolute atomic E-state index is 0.00198. The summed E-state index contributed by atoms with van der Waals surface area (Å²) in [6, 6.07) is 15.9. The summed E-state index contributed by atoms with van der Waals surface area (Å²) < 4.78 is 1.99. The first-order chi connectivity index (χ1) is 13.1. The van der Waals surface area contributed by atoms with E-state index in [1.165, 1.54) is 29.5 Å². The zero-order chi connectivity index (χ0) is 19.4. The van der Waals surface area contributed by atoms with Crippen molar-refractivity contribution in [3.63, 3.8) is 0 Å². The predicted octanol–water partition coefficient (Wildman–Crippen LogP) is 4.45. The van der Waals surface area contributed by atoms with Gasteiger partial charge in [0.2, 0.25) is 0 Å². The number of benzene rings is 2.